The lowest BCUT2D eigenvalue weighted by Gasteiger charge is -2.22. The maximum atomic E-state index is 13.4. The largest absolute Gasteiger partial charge is 0.469 e. The number of esters is 1. The van der Waals surface area contributed by atoms with Crippen LogP contribution in [0.25, 0.3) is 22.2 Å². The normalized spacial score (nSPS) is 12.2. The first-order chi connectivity index (χ1) is 20.8. The van der Waals surface area contributed by atoms with Crippen LogP contribution in [-0.2, 0) is 9.53 Å². The molecule has 0 aliphatic carbocycles. The number of H-pyrrole nitrogens is 1. The van der Waals surface area contributed by atoms with Crippen molar-refractivity contribution >= 4 is 34.5 Å². The van der Waals surface area contributed by atoms with Crippen molar-refractivity contribution in [3.05, 3.63) is 101 Å². The molecule has 0 fully saturated rings. The molecular weight excluding hydrogens is 551 g/mol. The summed E-state index contributed by atoms with van der Waals surface area (Å²) in [7, 11) is 1.29. The van der Waals surface area contributed by atoms with Gasteiger partial charge in [0.2, 0.25) is 0 Å². The van der Waals surface area contributed by atoms with E-state index in [9.17, 15) is 19.2 Å². The van der Waals surface area contributed by atoms with Crippen LogP contribution in [0, 0.1) is 17.1 Å². The van der Waals surface area contributed by atoms with Crippen molar-refractivity contribution in [2.45, 2.75) is 25.4 Å². The Hall–Kier alpha value is -5.83. The number of aromatic nitrogens is 4. The molecule has 2 atom stereocenters. The van der Waals surface area contributed by atoms with Crippen molar-refractivity contribution in [3.8, 4) is 17.2 Å². The summed E-state index contributed by atoms with van der Waals surface area (Å²) < 4.78 is 18.3. The molecule has 2 unspecified atom stereocenters. The Morgan fingerprint density at radius 2 is 1.81 bits per heavy atom. The third-order valence-corrected chi connectivity index (χ3v) is 7.01. The molecule has 216 valence electrons. The topological polar surface area (TPSA) is 172 Å². The maximum Gasteiger partial charge on any atom is 0.307 e. The second-order valence-corrected chi connectivity index (χ2v) is 9.76. The summed E-state index contributed by atoms with van der Waals surface area (Å²) in [4.78, 5) is 41.5. The molecular formula is C31H27FN8O3. The number of nitrogen functional groups attached to an aromatic ring is 1. The van der Waals surface area contributed by atoms with Crippen molar-refractivity contribution in [1.29, 1.82) is 5.26 Å². The standard InChI is InChI=1S/C31H27FN8O3/c1-17(19-7-9-22(32)10-8-19)39-31(42)23-11-18(13-33)14-35-29(23)40-25(12-26(41)43-2)21-5-3-20(4-6-21)24-15-36-30-27(24)28(34)37-16-38-30/h3-11,14-17,25H,12H2,1-2H3,(H,35,40)(H,39,42)(H3,34,36,37,38). The number of nitrogens with zero attached hydrogens (tertiary/aromatic N) is 4. The fraction of sp³-hybridized carbons (Fsp3) is 0.161. The fourth-order valence-corrected chi connectivity index (χ4v) is 4.70. The van der Waals surface area contributed by atoms with E-state index in [1.54, 1.807) is 25.3 Å². The highest BCUT2D eigenvalue weighted by atomic mass is 19.1. The van der Waals surface area contributed by atoms with Gasteiger partial charge in [0.1, 0.15) is 35.5 Å². The third-order valence-electron chi connectivity index (χ3n) is 7.01. The number of fused-ring (bicyclic) bond motifs is 1. The van der Waals surface area contributed by atoms with Gasteiger partial charge < -0.3 is 26.1 Å². The van der Waals surface area contributed by atoms with Gasteiger partial charge in [-0.25, -0.2) is 19.3 Å². The average molecular weight is 579 g/mol. The molecule has 5 rings (SSSR count). The molecule has 5 aromatic rings. The van der Waals surface area contributed by atoms with Gasteiger partial charge in [-0.1, -0.05) is 36.4 Å². The molecule has 0 spiro atoms. The van der Waals surface area contributed by atoms with E-state index in [0.717, 1.165) is 16.7 Å². The number of nitrogens with two attached hydrogens (primary N) is 1. The molecule has 3 heterocycles. The molecule has 2 aromatic carbocycles. The molecule has 0 aliphatic rings. The number of anilines is 2. The van der Waals surface area contributed by atoms with Crippen LogP contribution >= 0.6 is 0 Å². The first kappa shape index (κ1) is 28.7. The molecule has 43 heavy (non-hydrogen) atoms. The van der Waals surface area contributed by atoms with Gasteiger partial charge in [-0.3, -0.25) is 9.59 Å². The zero-order chi connectivity index (χ0) is 30.5. The number of rotatable bonds is 9. The molecule has 1 amide bonds. The minimum absolute atomic E-state index is 0.0710. The number of hydrogen-bond acceptors (Lipinski definition) is 9. The van der Waals surface area contributed by atoms with E-state index in [1.165, 1.54) is 37.8 Å². The zero-order valence-electron chi connectivity index (χ0n) is 23.3. The van der Waals surface area contributed by atoms with Crippen molar-refractivity contribution in [3.63, 3.8) is 0 Å². The molecule has 5 N–H and O–H groups in total. The summed E-state index contributed by atoms with van der Waals surface area (Å²) in [6, 6.07) is 15.5. The van der Waals surface area contributed by atoms with E-state index in [2.05, 4.69) is 30.6 Å². The van der Waals surface area contributed by atoms with Crippen LogP contribution in [0.5, 0.6) is 0 Å². The number of carbonyl (C=O) groups excluding carboxylic acids is 2. The highest BCUT2D eigenvalue weighted by Crippen LogP contribution is 2.32. The number of pyridine rings is 1. The molecule has 0 bridgehead atoms. The molecule has 0 aliphatic heterocycles. The van der Waals surface area contributed by atoms with Crippen LogP contribution in [0.2, 0.25) is 0 Å². The SMILES string of the molecule is COC(=O)CC(Nc1ncc(C#N)cc1C(=O)NC(C)c1ccc(F)cc1)c1ccc(-c2c[nH]c3ncnc(N)c23)cc1. The van der Waals surface area contributed by atoms with Crippen LogP contribution < -0.4 is 16.4 Å². The van der Waals surface area contributed by atoms with E-state index < -0.39 is 24.0 Å². The number of methoxy groups -OCH3 is 1. The molecule has 0 saturated heterocycles. The number of hydrogen-bond donors (Lipinski definition) is 4. The lowest BCUT2D eigenvalue weighted by atomic mass is 9.98. The molecule has 12 heteroatoms. The highest BCUT2D eigenvalue weighted by molar-refractivity contribution is 6.00. The van der Waals surface area contributed by atoms with Gasteiger partial charge >= 0.3 is 5.97 Å². The van der Waals surface area contributed by atoms with Gasteiger partial charge in [0.15, 0.2) is 0 Å². The Labute approximate surface area is 246 Å². The Balaban J connectivity index is 1.44. The van der Waals surface area contributed by atoms with Crippen LogP contribution in [0.4, 0.5) is 16.0 Å². The number of benzene rings is 2. The Morgan fingerprint density at radius 3 is 2.51 bits per heavy atom. The van der Waals surface area contributed by atoms with Crippen LogP contribution in [0.3, 0.4) is 0 Å². The predicted molar refractivity (Wildman–Crippen MR) is 158 cm³/mol. The van der Waals surface area contributed by atoms with Crippen molar-refractivity contribution in [2.75, 3.05) is 18.2 Å². The van der Waals surface area contributed by atoms with E-state index in [4.69, 9.17) is 10.5 Å². The molecule has 0 radical (unpaired) electrons. The number of nitriles is 1. The minimum Gasteiger partial charge on any atom is -0.469 e. The van der Waals surface area contributed by atoms with E-state index >= 15 is 0 Å². The summed E-state index contributed by atoms with van der Waals surface area (Å²) in [5.41, 5.74) is 10.1. The second kappa shape index (κ2) is 12.4. The highest BCUT2D eigenvalue weighted by Gasteiger charge is 2.23. The number of amides is 1. The molecule has 3 aromatic heterocycles. The second-order valence-electron chi connectivity index (χ2n) is 9.76. The van der Waals surface area contributed by atoms with Gasteiger partial charge in [-0.15, -0.1) is 0 Å². The minimum atomic E-state index is -0.639. The zero-order valence-corrected chi connectivity index (χ0v) is 23.3. The summed E-state index contributed by atoms with van der Waals surface area (Å²) >= 11 is 0. The lowest BCUT2D eigenvalue weighted by molar-refractivity contribution is -0.140. The summed E-state index contributed by atoms with van der Waals surface area (Å²) in [6.07, 6.45) is 4.45. The van der Waals surface area contributed by atoms with Crippen LogP contribution in [0.15, 0.2) is 73.3 Å². The molecule has 11 nitrogen and oxygen atoms in total. The first-order valence-corrected chi connectivity index (χ1v) is 13.2. The quantitative estimate of drug-likeness (QED) is 0.179. The number of nitrogens with one attached hydrogen (secondary N) is 3. The van der Waals surface area contributed by atoms with E-state index in [-0.39, 0.29) is 29.2 Å². The smallest absolute Gasteiger partial charge is 0.307 e. The van der Waals surface area contributed by atoms with Gasteiger partial charge in [-0.2, -0.15) is 5.26 Å². The maximum absolute atomic E-state index is 13.4. The Bertz CT molecular complexity index is 1830. The van der Waals surface area contributed by atoms with Gasteiger partial charge in [0, 0.05) is 18.0 Å². The first-order valence-electron chi connectivity index (χ1n) is 13.2. The fourth-order valence-electron chi connectivity index (χ4n) is 4.70. The summed E-state index contributed by atoms with van der Waals surface area (Å²) in [6.45, 7) is 1.76. The molecule has 0 saturated carbocycles. The third kappa shape index (κ3) is 6.25. The average Bonchev–Trinajstić information content (AvgIpc) is 3.46. The van der Waals surface area contributed by atoms with Gasteiger partial charge in [0.05, 0.1) is 42.1 Å². The van der Waals surface area contributed by atoms with Crippen LogP contribution in [0.1, 0.15) is 52.5 Å². The van der Waals surface area contributed by atoms with E-state index in [1.807, 2.05) is 30.3 Å². The predicted octanol–water partition coefficient (Wildman–Crippen LogP) is 4.82. The van der Waals surface area contributed by atoms with Gasteiger partial charge in [0.25, 0.3) is 5.91 Å². The van der Waals surface area contributed by atoms with E-state index in [0.29, 0.717) is 22.4 Å². The number of halogens is 1. The monoisotopic (exact) mass is 578 g/mol. The Morgan fingerprint density at radius 1 is 1.09 bits per heavy atom. The lowest BCUT2D eigenvalue weighted by Crippen LogP contribution is -2.28. The van der Waals surface area contributed by atoms with Gasteiger partial charge in [-0.05, 0) is 41.8 Å². The van der Waals surface area contributed by atoms with Crippen LogP contribution in [-0.4, -0.2) is 38.9 Å². The summed E-state index contributed by atoms with van der Waals surface area (Å²) in [5, 5.41) is 16.2. The van der Waals surface area contributed by atoms with Crippen molar-refractivity contribution in [2.24, 2.45) is 0 Å². The number of ether oxygens (including phenoxy) is 1. The van der Waals surface area contributed by atoms with Crippen molar-refractivity contribution in [1.82, 2.24) is 25.3 Å². The Kier molecular flexibility index (Phi) is 8.25. The number of aromatic amines is 1. The van der Waals surface area contributed by atoms with Crippen molar-refractivity contribution < 1.29 is 18.7 Å². The number of carbonyl (C=O) groups is 2. The summed E-state index contributed by atoms with van der Waals surface area (Å²) in [5.74, 6) is -0.851.